The molecule has 0 aromatic heterocycles. The zero-order valence-electron chi connectivity index (χ0n) is 8.96. The van der Waals surface area contributed by atoms with Gasteiger partial charge in [-0.3, -0.25) is 4.90 Å². The van der Waals surface area contributed by atoms with Crippen molar-refractivity contribution in [2.45, 2.75) is 19.8 Å². The molecule has 0 saturated carbocycles. The van der Waals surface area contributed by atoms with Crippen molar-refractivity contribution in [3.8, 4) is 0 Å². The number of rotatable bonds is 2. The maximum absolute atomic E-state index is 13.7. The fourth-order valence-electron chi connectivity index (χ4n) is 2.38. The summed E-state index contributed by atoms with van der Waals surface area (Å²) in [5.41, 5.74) is 0.658. The molecule has 84 valence electrons. The van der Waals surface area contributed by atoms with Crippen LogP contribution < -0.4 is 0 Å². The summed E-state index contributed by atoms with van der Waals surface area (Å²) < 4.78 is 18.4. The molecule has 3 fully saturated rings. The summed E-state index contributed by atoms with van der Waals surface area (Å²) in [6.07, 6.45) is 1.95. The Morgan fingerprint density at radius 3 is 2.67 bits per heavy atom. The second-order valence-corrected chi connectivity index (χ2v) is 4.11. The number of ether oxygens (including phenoxy) is 1. The lowest BCUT2D eigenvalue weighted by molar-refractivity contribution is -0.140. The van der Waals surface area contributed by atoms with Crippen molar-refractivity contribution in [3.63, 3.8) is 0 Å². The summed E-state index contributed by atoms with van der Waals surface area (Å²) in [6, 6.07) is 0. The Hall–Kier alpha value is -0.900. The molecule has 3 nitrogen and oxygen atoms in total. The first kappa shape index (κ1) is 10.6. The van der Waals surface area contributed by atoms with Crippen molar-refractivity contribution in [1.29, 1.82) is 0 Å². The highest BCUT2D eigenvalue weighted by atomic mass is 19.1. The number of carbonyl (C=O) groups is 1. The van der Waals surface area contributed by atoms with E-state index in [1.807, 2.05) is 0 Å². The van der Waals surface area contributed by atoms with Gasteiger partial charge >= 0.3 is 5.97 Å². The highest BCUT2D eigenvalue weighted by Crippen LogP contribution is 2.34. The quantitative estimate of drug-likeness (QED) is 0.514. The summed E-state index contributed by atoms with van der Waals surface area (Å²) in [6.45, 7) is 4.59. The predicted octanol–water partition coefficient (Wildman–Crippen LogP) is 1.50. The number of esters is 1. The second kappa shape index (κ2) is 4.31. The lowest BCUT2D eigenvalue weighted by Gasteiger charge is -2.40. The zero-order chi connectivity index (χ0) is 10.8. The Morgan fingerprint density at radius 2 is 2.20 bits per heavy atom. The SMILES string of the molecule is CCOC(=O)C(F)=C1CN2CCC1CC2. The molecule has 3 saturated heterocycles. The molecule has 2 bridgehead atoms. The molecule has 3 aliphatic rings. The second-order valence-electron chi connectivity index (χ2n) is 4.11. The van der Waals surface area contributed by atoms with E-state index in [9.17, 15) is 9.18 Å². The molecule has 4 heteroatoms. The molecular formula is C11H16FNO2. The number of piperidine rings is 3. The number of fused-ring (bicyclic) bond motifs is 3. The molecular weight excluding hydrogens is 197 g/mol. The highest BCUT2D eigenvalue weighted by Gasteiger charge is 2.33. The molecule has 0 atom stereocenters. The van der Waals surface area contributed by atoms with Crippen LogP contribution in [0.5, 0.6) is 0 Å². The largest absolute Gasteiger partial charge is 0.461 e. The van der Waals surface area contributed by atoms with E-state index in [4.69, 9.17) is 0 Å². The molecule has 0 aromatic rings. The van der Waals surface area contributed by atoms with E-state index in [1.165, 1.54) is 0 Å². The van der Waals surface area contributed by atoms with Gasteiger partial charge in [0.25, 0.3) is 0 Å². The first-order chi connectivity index (χ1) is 7.22. The molecule has 0 aromatic carbocycles. The number of nitrogens with zero attached hydrogens (tertiary/aromatic N) is 1. The first-order valence-electron chi connectivity index (χ1n) is 5.50. The molecule has 0 unspecified atom stereocenters. The normalized spacial score (nSPS) is 32.7. The van der Waals surface area contributed by atoms with Gasteiger partial charge in [0.2, 0.25) is 5.83 Å². The van der Waals surface area contributed by atoms with Gasteiger partial charge in [-0.1, -0.05) is 0 Å². The molecule has 0 aliphatic carbocycles. The Balaban J connectivity index is 2.14. The fraction of sp³-hybridized carbons (Fsp3) is 0.727. The van der Waals surface area contributed by atoms with Crippen molar-refractivity contribution >= 4 is 5.97 Å². The van der Waals surface area contributed by atoms with Gasteiger partial charge in [-0.25, -0.2) is 4.79 Å². The van der Waals surface area contributed by atoms with Crippen molar-refractivity contribution in [2.75, 3.05) is 26.2 Å². The third-order valence-electron chi connectivity index (χ3n) is 3.21. The molecule has 15 heavy (non-hydrogen) atoms. The maximum Gasteiger partial charge on any atom is 0.367 e. The van der Waals surface area contributed by atoms with Crippen LogP contribution in [0.1, 0.15) is 19.8 Å². The fourth-order valence-corrected chi connectivity index (χ4v) is 2.38. The first-order valence-corrected chi connectivity index (χ1v) is 5.50. The molecule has 3 rings (SSSR count). The van der Waals surface area contributed by atoms with Gasteiger partial charge in [0.1, 0.15) is 0 Å². The Kier molecular flexibility index (Phi) is 3.05. The lowest BCUT2D eigenvalue weighted by Crippen LogP contribution is -2.43. The Morgan fingerprint density at radius 1 is 1.53 bits per heavy atom. The Bertz CT molecular complexity index is 293. The number of hydrogen-bond acceptors (Lipinski definition) is 3. The van der Waals surface area contributed by atoms with E-state index in [1.54, 1.807) is 6.92 Å². The summed E-state index contributed by atoms with van der Waals surface area (Å²) >= 11 is 0. The van der Waals surface area contributed by atoms with E-state index < -0.39 is 11.8 Å². The molecule has 0 spiro atoms. The summed E-state index contributed by atoms with van der Waals surface area (Å²) in [5, 5.41) is 0. The maximum atomic E-state index is 13.7. The topological polar surface area (TPSA) is 29.5 Å². The van der Waals surface area contributed by atoms with Gasteiger partial charge in [0.15, 0.2) is 0 Å². The number of carbonyl (C=O) groups excluding carboxylic acids is 1. The van der Waals surface area contributed by atoms with Crippen LogP contribution in [0, 0.1) is 5.92 Å². The number of hydrogen-bond donors (Lipinski definition) is 0. The van der Waals surface area contributed by atoms with Crippen molar-refractivity contribution in [3.05, 3.63) is 11.4 Å². The third kappa shape index (κ3) is 2.04. The van der Waals surface area contributed by atoms with Gasteiger partial charge in [0, 0.05) is 6.54 Å². The van der Waals surface area contributed by atoms with Crippen LogP contribution in [0.2, 0.25) is 0 Å². The van der Waals surface area contributed by atoms with Gasteiger partial charge in [-0.05, 0) is 44.3 Å². The van der Waals surface area contributed by atoms with E-state index in [0.29, 0.717) is 12.1 Å². The van der Waals surface area contributed by atoms with Crippen LogP contribution in [0.3, 0.4) is 0 Å². The van der Waals surface area contributed by atoms with Crippen LogP contribution in [-0.2, 0) is 9.53 Å². The summed E-state index contributed by atoms with van der Waals surface area (Å²) in [7, 11) is 0. The third-order valence-corrected chi connectivity index (χ3v) is 3.21. The van der Waals surface area contributed by atoms with Gasteiger partial charge in [0.05, 0.1) is 6.61 Å². The standard InChI is InChI=1S/C11H16FNO2/c1-2-15-11(14)10(12)9-7-13-5-3-8(9)4-6-13/h8H,2-7H2,1H3. The average molecular weight is 213 g/mol. The minimum atomic E-state index is -0.791. The van der Waals surface area contributed by atoms with Gasteiger partial charge in [-0.2, -0.15) is 4.39 Å². The van der Waals surface area contributed by atoms with E-state index >= 15 is 0 Å². The van der Waals surface area contributed by atoms with Gasteiger partial charge in [-0.15, -0.1) is 0 Å². The van der Waals surface area contributed by atoms with Crippen molar-refractivity contribution < 1.29 is 13.9 Å². The molecule has 0 radical (unpaired) electrons. The summed E-state index contributed by atoms with van der Waals surface area (Å²) in [5.74, 6) is -1.17. The van der Waals surface area contributed by atoms with Gasteiger partial charge < -0.3 is 4.74 Å². The van der Waals surface area contributed by atoms with Crippen molar-refractivity contribution in [1.82, 2.24) is 4.90 Å². The van der Waals surface area contributed by atoms with Crippen LogP contribution in [0.15, 0.2) is 11.4 Å². The Labute approximate surface area is 88.9 Å². The van der Waals surface area contributed by atoms with Crippen molar-refractivity contribution in [2.24, 2.45) is 5.92 Å². The zero-order valence-corrected chi connectivity index (χ0v) is 8.96. The number of halogens is 1. The average Bonchev–Trinajstić information content (AvgIpc) is 2.30. The minimum absolute atomic E-state index is 0.230. The summed E-state index contributed by atoms with van der Waals surface area (Å²) in [4.78, 5) is 13.4. The predicted molar refractivity (Wildman–Crippen MR) is 53.9 cm³/mol. The van der Waals surface area contributed by atoms with Crippen LogP contribution >= 0.6 is 0 Å². The smallest absolute Gasteiger partial charge is 0.367 e. The van der Waals surface area contributed by atoms with Crippen LogP contribution in [0.25, 0.3) is 0 Å². The molecule has 0 amide bonds. The van der Waals surface area contributed by atoms with E-state index in [-0.39, 0.29) is 12.5 Å². The minimum Gasteiger partial charge on any atom is -0.461 e. The molecule has 3 heterocycles. The molecule has 0 N–H and O–H groups in total. The van der Waals surface area contributed by atoms with E-state index in [0.717, 1.165) is 25.9 Å². The lowest BCUT2D eigenvalue weighted by atomic mass is 9.83. The highest BCUT2D eigenvalue weighted by molar-refractivity contribution is 5.87. The van der Waals surface area contributed by atoms with Crippen LogP contribution in [0.4, 0.5) is 4.39 Å². The monoisotopic (exact) mass is 213 g/mol. The van der Waals surface area contributed by atoms with Crippen LogP contribution in [-0.4, -0.2) is 37.1 Å². The molecule has 3 aliphatic heterocycles. The van der Waals surface area contributed by atoms with E-state index in [2.05, 4.69) is 9.64 Å².